The van der Waals surface area contributed by atoms with Crippen molar-refractivity contribution in [3.8, 4) is 5.88 Å². The Bertz CT molecular complexity index is 982. The number of aliphatic imine (C=N–C) groups is 1. The van der Waals surface area contributed by atoms with Gasteiger partial charge >= 0.3 is 0 Å². The minimum atomic E-state index is 0.145. The largest absolute Gasteiger partial charge is 0.494 e. The van der Waals surface area contributed by atoms with Crippen LogP contribution in [0.5, 0.6) is 5.88 Å². The normalized spacial score (nSPS) is 26.3. The third-order valence-electron chi connectivity index (χ3n) is 7.09. The summed E-state index contributed by atoms with van der Waals surface area (Å²) < 4.78 is 18.7. The maximum atomic E-state index is 11.4. The van der Waals surface area contributed by atoms with Crippen LogP contribution in [0.4, 0.5) is 5.69 Å². The maximum absolute atomic E-state index is 11.4. The molecule has 1 atom stereocenters. The van der Waals surface area contributed by atoms with Crippen molar-refractivity contribution >= 4 is 22.3 Å². The Morgan fingerprint density at radius 1 is 1.07 bits per heavy atom. The molecule has 4 aliphatic heterocycles. The van der Waals surface area contributed by atoms with Gasteiger partial charge in [0, 0.05) is 61.0 Å². The van der Waals surface area contributed by atoms with Crippen molar-refractivity contribution in [2.45, 2.75) is 37.8 Å². The zero-order valence-electron chi connectivity index (χ0n) is 17.2. The SMILES string of the molecule is Oc1c(C2=NCC3(COC3)C2)c2cc(NC3CCOC3)ccc2n1C1CCOCC1. The number of aromatic hydroxyl groups is 1. The van der Waals surface area contributed by atoms with Gasteiger partial charge in [-0.1, -0.05) is 0 Å². The molecule has 0 radical (unpaired) electrons. The van der Waals surface area contributed by atoms with Gasteiger partial charge in [0.15, 0.2) is 0 Å². The third kappa shape index (κ3) is 3.02. The minimum Gasteiger partial charge on any atom is -0.494 e. The van der Waals surface area contributed by atoms with E-state index in [1.807, 2.05) is 0 Å². The highest BCUT2D eigenvalue weighted by Gasteiger charge is 2.44. The van der Waals surface area contributed by atoms with Gasteiger partial charge in [-0.3, -0.25) is 4.99 Å². The van der Waals surface area contributed by atoms with Crippen LogP contribution in [0.3, 0.4) is 0 Å². The second kappa shape index (κ2) is 7.25. The van der Waals surface area contributed by atoms with E-state index in [4.69, 9.17) is 19.2 Å². The lowest BCUT2D eigenvalue weighted by Gasteiger charge is -2.36. The van der Waals surface area contributed by atoms with Crippen LogP contribution in [0.15, 0.2) is 23.2 Å². The molecule has 1 aromatic carbocycles. The zero-order chi connectivity index (χ0) is 20.1. The fourth-order valence-corrected chi connectivity index (χ4v) is 5.35. The Balaban J connectivity index is 1.43. The highest BCUT2D eigenvalue weighted by Crippen LogP contribution is 2.44. The lowest BCUT2D eigenvalue weighted by molar-refractivity contribution is -0.0973. The summed E-state index contributed by atoms with van der Waals surface area (Å²) in [6, 6.07) is 7.04. The molecule has 0 amide bonds. The van der Waals surface area contributed by atoms with Gasteiger partial charge in [-0.15, -0.1) is 0 Å². The van der Waals surface area contributed by atoms with Gasteiger partial charge in [-0.05, 0) is 37.5 Å². The summed E-state index contributed by atoms with van der Waals surface area (Å²) in [6.45, 7) is 5.37. The van der Waals surface area contributed by atoms with Crippen molar-refractivity contribution in [2.24, 2.45) is 10.4 Å². The van der Waals surface area contributed by atoms with Gasteiger partial charge in [-0.2, -0.15) is 0 Å². The Hall–Kier alpha value is -2.09. The van der Waals surface area contributed by atoms with E-state index in [1.54, 1.807) is 0 Å². The van der Waals surface area contributed by atoms with Gasteiger partial charge in [0.05, 0.1) is 36.9 Å². The van der Waals surface area contributed by atoms with Crippen molar-refractivity contribution in [3.05, 3.63) is 23.8 Å². The zero-order valence-corrected chi connectivity index (χ0v) is 17.2. The predicted octanol–water partition coefficient (Wildman–Crippen LogP) is 3.11. The first-order chi connectivity index (χ1) is 14.7. The molecule has 1 unspecified atom stereocenters. The van der Waals surface area contributed by atoms with Crippen LogP contribution in [0.1, 0.15) is 37.3 Å². The van der Waals surface area contributed by atoms with Gasteiger partial charge in [-0.25, -0.2) is 0 Å². The topological polar surface area (TPSA) is 77.2 Å². The monoisotopic (exact) mass is 411 g/mol. The number of anilines is 1. The number of hydrogen-bond donors (Lipinski definition) is 2. The molecular weight excluding hydrogens is 382 g/mol. The minimum absolute atomic E-state index is 0.145. The molecule has 160 valence electrons. The van der Waals surface area contributed by atoms with Gasteiger partial charge in [0.25, 0.3) is 0 Å². The fraction of sp³-hybridized carbons (Fsp3) is 0.609. The van der Waals surface area contributed by atoms with Gasteiger partial charge < -0.3 is 29.2 Å². The highest BCUT2D eigenvalue weighted by atomic mass is 16.5. The van der Waals surface area contributed by atoms with E-state index < -0.39 is 0 Å². The fourth-order valence-electron chi connectivity index (χ4n) is 5.35. The molecular formula is C23H29N3O4. The number of hydrogen-bond acceptors (Lipinski definition) is 6. The van der Waals surface area contributed by atoms with E-state index in [1.165, 1.54) is 0 Å². The molecule has 3 saturated heterocycles. The highest BCUT2D eigenvalue weighted by molar-refractivity contribution is 6.14. The lowest BCUT2D eigenvalue weighted by Crippen LogP contribution is -2.43. The van der Waals surface area contributed by atoms with Crippen molar-refractivity contribution in [1.82, 2.24) is 4.57 Å². The summed E-state index contributed by atoms with van der Waals surface area (Å²) in [5.41, 5.74) is 4.23. The molecule has 5 heterocycles. The number of benzene rings is 1. The second-order valence-electron chi connectivity index (χ2n) is 9.28. The molecule has 7 heteroatoms. The smallest absolute Gasteiger partial charge is 0.201 e. The predicted molar refractivity (Wildman–Crippen MR) is 115 cm³/mol. The van der Waals surface area contributed by atoms with E-state index in [9.17, 15) is 5.11 Å². The van der Waals surface area contributed by atoms with Crippen LogP contribution >= 0.6 is 0 Å². The van der Waals surface area contributed by atoms with Crippen LogP contribution in [-0.4, -0.2) is 67.6 Å². The van der Waals surface area contributed by atoms with Crippen LogP contribution in [0.25, 0.3) is 10.9 Å². The lowest BCUT2D eigenvalue weighted by atomic mass is 9.82. The van der Waals surface area contributed by atoms with Crippen LogP contribution in [0, 0.1) is 5.41 Å². The van der Waals surface area contributed by atoms with Gasteiger partial charge in [0.1, 0.15) is 0 Å². The van der Waals surface area contributed by atoms with E-state index in [2.05, 4.69) is 28.1 Å². The number of nitrogens with one attached hydrogen (secondary N) is 1. The van der Waals surface area contributed by atoms with Crippen LogP contribution in [0.2, 0.25) is 0 Å². The van der Waals surface area contributed by atoms with E-state index >= 15 is 0 Å². The summed E-state index contributed by atoms with van der Waals surface area (Å²) in [5, 5.41) is 16.1. The molecule has 2 aromatic rings. The summed E-state index contributed by atoms with van der Waals surface area (Å²) in [4.78, 5) is 4.88. The molecule has 6 rings (SSSR count). The van der Waals surface area contributed by atoms with E-state index in [-0.39, 0.29) is 11.5 Å². The average molecular weight is 412 g/mol. The van der Waals surface area contributed by atoms with Crippen molar-refractivity contribution in [2.75, 3.05) is 51.5 Å². The number of rotatable bonds is 4. The molecule has 1 spiro atoms. The average Bonchev–Trinajstić information content (AvgIpc) is 3.45. The summed E-state index contributed by atoms with van der Waals surface area (Å²) in [5.74, 6) is 0.356. The summed E-state index contributed by atoms with van der Waals surface area (Å²) in [6.07, 6.45) is 3.73. The Morgan fingerprint density at radius 3 is 2.60 bits per heavy atom. The Kier molecular flexibility index (Phi) is 4.51. The molecule has 30 heavy (non-hydrogen) atoms. The number of ether oxygens (including phenoxy) is 3. The molecule has 0 bridgehead atoms. The molecule has 0 aliphatic carbocycles. The van der Waals surface area contributed by atoms with E-state index in [0.717, 1.165) is 99.7 Å². The van der Waals surface area contributed by atoms with Crippen molar-refractivity contribution < 1.29 is 19.3 Å². The van der Waals surface area contributed by atoms with Crippen LogP contribution in [-0.2, 0) is 14.2 Å². The number of fused-ring (bicyclic) bond motifs is 1. The first-order valence-electron chi connectivity index (χ1n) is 11.1. The second-order valence-corrected chi connectivity index (χ2v) is 9.28. The van der Waals surface area contributed by atoms with Gasteiger partial charge in [0.2, 0.25) is 5.88 Å². The van der Waals surface area contributed by atoms with Crippen LogP contribution < -0.4 is 5.32 Å². The molecule has 7 nitrogen and oxygen atoms in total. The summed E-state index contributed by atoms with van der Waals surface area (Å²) >= 11 is 0. The molecule has 2 N–H and O–H groups in total. The molecule has 4 aliphatic rings. The molecule has 1 aromatic heterocycles. The standard InChI is InChI=1S/C23H29N3O4/c27-22-21(19-10-23(12-24-19)13-30-14-23)18-9-15(25-16-3-6-29-11-16)1-2-20(18)26(22)17-4-7-28-8-5-17/h1-2,9,16-17,25,27H,3-8,10-14H2. The van der Waals surface area contributed by atoms with E-state index in [0.29, 0.717) is 11.9 Å². The maximum Gasteiger partial charge on any atom is 0.201 e. The number of nitrogens with zero attached hydrogens (tertiary/aromatic N) is 2. The Morgan fingerprint density at radius 2 is 1.90 bits per heavy atom. The number of aromatic nitrogens is 1. The first kappa shape index (κ1) is 18.7. The summed E-state index contributed by atoms with van der Waals surface area (Å²) in [7, 11) is 0. The van der Waals surface area contributed by atoms with Crippen molar-refractivity contribution in [3.63, 3.8) is 0 Å². The quantitative estimate of drug-likeness (QED) is 0.808. The molecule has 3 fully saturated rings. The Labute approximate surface area is 176 Å². The third-order valence-corrected chi connectivity index (χ3v) is 7.09. The molecule has 0 saturated carbocycles. The first-order valence-corrected chi connectivity index (χ1v) is 11.1. The van der Waals surface area contributed by atoms with Crippen molar-refractivity contribution in [1.29, 1.82) is 0 Å².